The molecule has 0 aliphatic carbocycles. The highest BCUT2D eigenvalue weighted by molar-refractivity contribution is 5.94. The average Bonchev–Trinajstić information content (AvgIpc) is 3.22. The van der Waals surface area contributed by atoms with Crippen molar-refractivity contribution in [1.29, 1.82) is 0 Å². The number of ether oxygens (including phenoxy) is 1. The molecule has 4 rings (SSSR count). The van der Waals surface area contributed by atoms with Crippen molar-refractivity contribution in [3.05, 3.63) is 48.3 Å². The first kappa shape index (κ1) is 24.8. The van der Waals surface area contributed by atoms with Crippen LogP contribution in [0.15, 0.2) is 42.7 Å². The SMILES string of the molecule is Cn1cc(C(N)=O)cc1-c1ccnc(Nc2cc(N3CCN(C(=O)OC(C)(C)C)CC3)ccc2O)n1. The third kappa shape index (κ3) is 5.68. The molecule has 36 heavy (non-hydrogen) atoms. The number of carbonyl (C=O) groups is 2. The minimum Gasteiger partial charge on any atom is -0.506 e. The molecule has 1 saturated heterocycles. The zero-order valence-electron chi connectivity index (χ0n) is 20.9. The molecule has 1 aromatic carbocycles. The van der Waals surface area contributed by atoms with Crippen LogP contribution in [0.25, 0.3) is 11.4 Å². The van der Waals surface area contributed by atoms with Gasteiger partial charge in [-0.2, -0.15) is 0 Å². The Bertz CT molecular complexity index is 1270. The first-order chi connectivity index (χ1) is 17.0. The summed E-state index contributed by atoms with van der Waals surface area (Å²) in [6.45, 7) is 7.88. The number of rotatable bonds is 5. The van der Waals surface area contributed by atoms with Gasteiger partial charge in [0.2, 0.25) is 11.9 Å². The van der Waals surface area contributed by atoms with Crippen LogP contribution in [0, 0.1) is 0 Å². The van der Waals surface area contributed by atoms with Gasteiger partial charge in [-0.25, -0.2) is 14.8 Å². The lowest BCUT2D eigenvalue weighted by Gasteiger charge is -2.36. The largest absolute Gasteiger partial charge is 0.506 e. The van der Waals surface area contributed by atoms with Crippen molar-refractivity contribution in [2.75, 3.05) is 36.4 Å². The van der Waals surface area contributed by atoms with Gasteiger partial charge in [-0.15, -0.1) is 0 Å². The van der Waals surface area contributed by atoms with E-state index in [2.05, 4.69) is 20.2 Å². The molecular weight excluding hydrogens is 462 g/mol. The number of piperazine rings is 1. The lowest BCUT2D eigenvalue weighted by atomic mass is 10.2. The summed E-state index contributed by atoms with van der Waals surface area (Å²) in [5.41, 5.74) is 7.88. The molecule has 4 N–H and O–H groups in total. The molecule has 0 atom stereocenters. The number of amides is 2. The van der Waals surface area contributed by atoms with Crippen molar-refractivity contribution in [2.45, 2.75) is 26.4 Å². The Labute approximate surface area is 209 Å². The molecule has 2 aromatic heterocycles. The van der Waals surface area contributed by atoms with Gasteiger partial charge in [0.25, 0.3) is 0 Å². The van der Waals surface area contributed by atoms with Crippen LogP contribution in [0.2, 0.25) is 0 Å². The number of phenols is 1. The number of primary amides is 1. The van der Waals surface area contributed by atoms with E-state index in [1.165, 1.54) is 0 Å². The molecule has 3 heterocycles. The highest BCUT2D eigenvalue weighted by Gasteiger charge is 2.26. The number of benzene rings is 1. The van der Waals surface area contributed by atoms with Crippen LogP contribution < -0.4 is 16.0 Å². The van der Waals surface area contributed by atoms with Gasteiger partial charge in [0.1, 0.15) is 11.4 Å². The van der Waals surface area contributed by atoms with Crippen LogP contribution in [-0.2, 0) is 11.8 Å². The molecule has 11 nitrogen and oxygen atoms in total. The van der Waals surface area contributed by atoms with E-state index in [0.29, 0.717) is 48.8 Å². The Morgan fingerprint density at radius 2 is 1.83 bits per heavy atom. The van der Waals surface area contributed by atoms with Gasteiger partial charge in [-0.3, -0.25) is 4.79 Å². The predicted octanol–water partition coefficient (Wildman–Crippen LogP) is 3.09. The highest BCUT2D eigenvalue weighted by Crippen LogP contribution is 2.31. The normalized spacial score (nSPS) is 14.0. The maximum Gasteiger partial charge on any atom is 0.410 e. The van der Waals surface area contributed by atoms with E-state index in [1.54, 1.807) is 47.1 Å². The molecule has 190 valence electrons. The summed E-state index contributed by atoms with van der Waals surface area (Å²) >= 11 is 0. The number of carbonyl (C=O) groups excluding carboxylic acids is 2. The zero-order chi connectivity index (χ0) is 26.0. The van der Waals surface area contributed by atoms with E-state index < -0.39 is 11.5 Å². The van der Waals surface area contributed by atoms with Crippen LogP contribution >= 0.6 is 0 Å². The molecule has 0 unspecified atom stereocenters. The lowest BCUT2D eigenvalue weighted by Crippen LogP contribution is -2.50. The number of phenolic OH excluding ortho intramolecular Hbond substituents is 1. The van der Waals surface area contributed by atoms with Gasteiger partial charge in [-0.05, 0) is 51.1 Å². The molecule has 0 spiro atoms. The summed E-state index contributed by atoms with van der Waals surface area (Å²) in [4.78, 5) is 36.5. The Kier molecular flexibility index (Phi) is 6.73. The minimum absolute atomic E-state index is 0.0509. The second-order valence-corrected chi connectivity index (χ2v) is 9.64. The molecular formula is C25H31N7O4. The summed E-state index contributed by atoms with van der Waals surface area (Å²) in [5.74, 6) is -0.176. The number of anilines is 3. The minimum atomic E-state index is -0.532. The standard InChI is InChI=1S/C25H31N7O4/c1-25(2,3)36-24(35)32-11-9-31(10-12-32)17-5-6-21(33)19(14-17)29-23-27-8-7-18(28-23)20-13-16(22(26)34)15-30(20)4/h5-8,13-15,33H,9-12H2,1-4H3,(H2,26,34)(H,27,28,29). The lowest BCUT2D eigenvalue weighted by molar-refractivity contribution is 0.0240. The first-order valence-electron chi connectivity index (χ1n) is 11.6. The summed E-state index contributed by atoms with van der Waals surface area (Å²) in [5, 5.41) is 13.5. The van der Waals surface area contributed by atoms with Crippen molar-refractivity contribution in [1.82, 2.24) is 19.4 Å². The van der Waals surface area contributed by atoms with Crippen LogP contribution in [0.1, 0.15) is 31.1 Å². The third-order valence-corrected chi connectivity index (χ3v) is 5.73. The Hall–Kier alpha value is -4.28. The molecule has 11 heteroatoms. The van der Waals surface area contributed by atoms with Crippen molar-refractivity contribution in [3.8, 4) is 17.1 Å². The number of nitrogens with two attached hydrogens (primary N) is 1. The van der Waals surface area contributed by atoms with E-state index in [-0.39, 0.29) is 17.8 Å². The average molecular weight is 494 g/mol. The number of aromatic nitrogens is 3. The van der Waals surface area contributed by atoms with E-state index in [4.69, 9.17) is 10.5 Å². The molecule has 1 aliphatic heterocycles. The van der Waals surface area contributed by atoms with Crippen molar-refractivity contribution >= 4 is 29.3 Å². The number of hydrogen-bond acceptors (Lipinski definition) is 8. The summed E-state index contributed by atoms with van der Waals surface area (Å²) in [6.07, 6.45) is 2.93. The van der Waals surface area contributed by atoms with E-state index >= 15 is 0 Å². The molecule has 0 bridgehead atoms. The van der Waals surface area contributed by atoms with E-state index in [9.17, 15) is 14.7 Å². The Morgan fingerprint density at radius 3 is 2.47 bits per heavy atom. The number of nitrogens with zero attached hydrogens (tertiary/aromatic N) is 5. The van der Waals surface area contributed by atoms with Gasteiger partial charge < -0.3 is 35.3 Å². The molecule has 1 aliphatic rings. The number of aromatic hydroxyl groups is 1. The van der Waals surface area contributed by atoms with Crippen LogP contribution in [0.5, 0.6) is 5.75 Å². The number of nitrogens with one attached hydrogen (secondary N) is 1. The predicted molar refractivity (Wildman–Crippen MR) is 136 cm³/mol. The Balaban J connectivity index is 1.47. The van der Waals surface area contributed by atoms with Gasteiger partial charge in [-0.1, -0.05) is 0 Å². The molecule has 0 saturated carbocycles. The zero-order valence-corrected chi connectivity index (χ0v) is 20.9. The summed E-state index contributed by atoms with van der Waals surface area (Å²) in [6, 6.07) is 8.66. The second-order valence-electron chi connectivity index (χ2n) is 9.64. The molecule has 0 radical (unpaired) electrons. The third-order valence-electron chi connectivity index (χ3n) is 5.73. The quantitative estimate of drug-likeness (QED) is 0.461. The van der Waals surface area contributed by atoms with Crippen LogP contribution in [-0.4, -0.2) is 68.3 Å². The van der Waals surface area contributed by atoms with Crippen LogP contribution in [0.3, 0.4) is 0 Å². The van der Waals surface area contributed by atoms with E-state index in [1.807, 2.05) is 32.9 Å². The fourth-order valence-corrected chi connectivity index (χ4v) is 3.93. The van der Waals surface area contributed by atoms with Crippen LogP contribution in [0.4, 0.5) is 22.1 Å². The van der Waals surface area contributed by atoms with Gasteiger partial charge in [0.15, 0.2) is 0 Å². The number of hydrogen-bond donors (Lipinski definition) is 3. The summed E-state index contributed by atoms with van der Waals surface area (Å²) in [7, 11) is 1.80. The first-order valence-corrected chi connectivity index (χ1v) is 11.6. The van der Waals surface area contributed by atoms with Crippen molar-refractivity contribution in [2.24, 2.45) is 12.8 Å². The fraction of sp³-hybridized carbons (Fsp3) is 0.360. The summed E-state index contributed by atoms with van der Waals surface area (Å²) < 4.78 is 7.23. The monoisotopic (exact) mass is 493 g/mol. The van der Waals surface area contributed by atoms with Gasteiger partial charge in [0, 0.05) is 51.3 Å². The van der Waals surface area contributed by atoms with E-state index in [0.717, 1.165) is 5.69 Å². The van der Waals surface area contributed by atoms with Crippen molar-refractivity contribution in [3.63, 3.8) is 0 Å². The van der Waals surface area contributed by atoms with Crippen molar-refractivity contribution < 1.29 is 19.4 Å². The van der Waals surface area contributed by atoms with Gasteiger partial charge in [0.05, 0.1) is 22.6 Å². The maximum absolute atomic E-state index is 12.3. The molecule has 1 fully saturated rings. The second kappa shape index (κ2) is 9.76. The number of aryl methyl sites for hydroxylation is 1. The highest BCUT2D eigenvalue weighted by atomic mass is 16.6. The molecule has 2 amide bonds. The molecule has 3 aromatic rings. The van der Waals surface area contributed by atoms with Gasteiger partial charge >= 0.3 is 6.09 Å². The smallest absolute Gasteiger partial charge is 0.410 e. The topological polar surface area (TPSA) is 139 Å². The Morgan fingerprint density at radius 1 is 1.11 bits per heavy atom. The fourth-order valence-electron chi connectivity index (χ4n) is 3.93. The maximum atomic E-state index is 12.3.